The molecule has 6 nitrogen and oxygen atoms in total. The molecule has 0 saturated heterocycles. The largest absolute Gasteiger partial charge is 0.495 e. The minimum atomic E-state index is -0.464. The van der Waals surface area contributed by atoms with Crippen molar-refractivity contribution in [3.63, 3.8) is 0 Å². The van der Waals surface area contributed by atoms with E-state index in [-0.39, 0.29) is 6.42 Å². The maximum atomic E-state index is 12.0. The number of hydrogen-bond donors (Lipinski definition) is 2. The zero-order valence-corrected chi connectivity index (χ0v) is 13.4. The van der Waals surface area contributed by atoms with Gasteiger partial charge >= 0.3 is 0 Å². The third-order valence-corrected chi connectivity index (χ3v) is 3.23. The number of methoxy groups -OCH3 is 1. The lowest BCUT2D eigenvalue weighted by Gasteiger charge is -2.11. The van der Waals surface area contributed by atoms with Crippen LogP contribution in [0.15, 0.2) is 42.5 Å². The van der Waals surface area contributed by atoms with E-state index in [1.807, 2.05) is 19.1 Å². The summed E-state index contributed by atoms with van der Waals surface area (Å²) in [4.78, 5) is 24.0. The molecule has 0 atom stereocenters. The fraction of sp³-hybridized carbons (Fsp3) is 0.167. The molecular formula is C18H17N3O3. The lowest BCUT2D eigenvalue weighted by atomic mass is 10.2. The highest BCUT2D eigenvalue weighted by Gasteiger charge is 2.12. The molecule has 0 heterocycles. The Bertz CT molecular complexity index is 809. The first-order chi connectivity index (χ1) is 11.5. The monoisotopic (exact) mass is 323 g/mol. The summed E-state index contributed by atoms with van der Waals surface area (Å²) in [6.45, 7) is 1.89. The summed E-state index contributed by atoms with van der Waals surface area (Å²) in [5.41, 5.74) is 2.38. The number of amides is 2. The number of anilines is 2. The maximum absolute atomic E-state index is 12.0. The first kappa shape index (κ1) is 17.0. The van der Waals surface area contributed by atoms with Crippen LogP contribution < -0.4 is 15.4 Å². The van der Waals surface area contributed by atoms with Crippen molar-refractivity contribution in [1.82, 2.24) is 0 Å². The summed E-state index contributed by atoms with van der Waals surface area (Å²) >= 11 is 0. The number of hydrogen-bond acceptors (Lipinski definition) is 4. The Morgan fingerprint density at radius 3 is 2.58 bits per heavy atom. The fourth-order valence-electron chi connectivity index (χ4n) is 2.13. The molecular weight excluding hydrogens is 306 g/mol. The number of benzene rings is 2. The van der Waals surface area contributed by atoms with Gasteiger partial charge in [0, 0.05) is 5.69 Å². The van der Waals surface area contributed by atoms with Crippen molar-refractivity contribution in [2.24, 2.45) is 0 Å². The molecule has 2 amide bonds. The molecule has 0 fully saturated rings. The van der Waals surface area contributed by atoms with Crippen molar-refractivity contribution in [2.75, 3.05) is 17.7 Å². The van der Waals surface area contributed by atoms with E-state index >= 15 is 0 Å². The topological polar surface area (TPSA) is 91.2 Å². The van der Waals surface area contributed by atoms with Crippen LogP contribution in [0.4, 0.5) is 11.4 Å². The second kappa shape index (κ2) is 7.79. The van der Waals surface area contributed by atoms with Gasteiger partial charge in [-0.05, 0) is 42.8 Å². The van der Waals surface area contributed by atoms with E-state index in [2.05, 4.69) is 10.6 Å². The highest BCUT2D eigenvalue weighted by Crippen LogP contribution is 2.25. The van der Waals surface area contributed by atoms with Crippen molar-refractivity contribution in [3.8, 4) is 11.8 Å². The van der Waals surface area contributed by atoms with Crippen LogP contribution in [-0.2, 0) is 9.59 Å². The number of nitriles is 1. The molecule has 0 aromatic heterocycles. The molecule has 0 unspecified atom stereocenters. The van der Waals surface area contributed by atoms with Gasteiger partial charge in [0.1, 0.15) is 12.2 Å². The molecule has 0 bridgehead atoms. The Kier molecular flexibility index (Phi) is 5.53. The first-order valence-electron chi connectivity index (χ1n) is 7.26. The SMILES string of the molecule is COc1ccc(C)cc1NC(=O)CC(=O)Nc1cccc(C#N)c1. The van der Waals surface area contributed by atoms with Gasteiger partial charge in [-0.3, -0.25) is 9.59 Å². The molecule has 0 aliphatic carbocycles. The van der Waals surface area contributed by atoms with Crippen LogP contribution in [0.3, 0.4) is 0 Å². The van der Waals surface area contributed by atoms with Crippen molar-refractivity contribution >= 4 is 23.2 Å². The van der Waals surface area contributed by atoms with E-state index in [9.17, 15) is 9.59 Å². The number of carbonyl (C=O) groups is 2. The molecule has 0 saturated carbocycles. The standard InChI is InChI=1S/C18H17N3O3/c1-12-6-7-16(24-2)15(8-12)21-18(23)10-17(22)20-14-5-3-4-13(9-14)11-19/h3-9H,10H2,1-2H3,(H,20,22)(H,21,23). The van der Waals surface area contributed by atoms with Gasteiger partial charge in [0.2, 0.25) is 11.8 Å². The molecule has 0 aliphatic rings. The summed E-state index contributed by atoms with van der Waals surface area (Å²) in [5, 5.41) is 14.1. The lowest BCUT2D eigenvalue weighted by molar-refractivity contribution is -0.123. The van der Waals surface area contributed by atoms with Crippen molar-refractivity contribution in [2.45, 2.75) is 13.3 Å². The van der Waals surface area contributed by atoms with Gasteiger partial charge in [-0.2, -0.15) is 5.26 Å². The number of nitrogens with one attached hydrogen (secondary N) is 2. The van der Waals surface area contributed by atoms with Crippen LogP contribution >= 0.6 is 0 Å². The number of rotatable bonds is 5. The molecule has 24 heavy (non-hydrogen) atoms. The zero-order valence-electron chi connectivity index (χ0n) is 13.4. The second-order valence-electron chi connectivity index (χ2n) is 5.17. The van der Waals surface area contributed by atoms with E-state index in [1.165, 1.54) is 7.11 Å². The van der Waals surface area contributed by atoms with Gasteiger partial charge in [-0.1, -0.05) is 12.1 Å². The Hall–Kier alpha value is -3.33. The first-order valence-corrected chi connectivity index (χ1v) is 7.26. The molecule has 2 aromatic carbocycles. The van der Waals surface area contributed by atoms with Gasteiger partial charge < -0.3 is 15.4 Å². The maximum Gasteiger partial charge on any atom is 0.233 e. The normalized spacial score (nSPS) is 9.71. The summed E-state index contributed by atoms with van der Waals surface area (Å²) in [7, 11) is 1.51. The number of carbonyl (C=O) groups excluding carboxylic acids is 2. The summed E-state index contributed by atoms with van der Waals surface area (Å²) < 4.78 is 5.18. The summed E-state index contributed by atoms with van der Waals surface area (Å²) in [5.74, 6) is -0.391. The van der Waals surface area contributed by atoms with Crippen molar-refractivity contribution < 1.29 is 14.3 Å². The summed E-state index contributed by atoms with van der Waals surface area (Å²) in [6.07, 6.45) is -0.339. The molecule has 6 heteroatoms. The third kappa shape index (κ3) is 4.58. The van der Waals surface area contributed by atoms with Crippen molar-refractivity contribution in [1.29, 1.82) is 5.26 Å². The fourth-order valence-corrected chi connectivity index (χ4v) is 2.13. The van der Waals surface area contributed by atoms with Crippen LogP contribution in [-0.4, -0.2) is 18.9 Å². The van der Waals surface area contributed by atoms with Gasteiger partial charge in [0.15, 0.2) is 0 Å². The predicted octanol–water partition coefficient (Wildman–Crippen LogP) is 2.84. The van der Waals surface area contributed by atoms with E-state index in [0.717, 1.165) is 5.56 Å². The van der Waals surface area contributed by atoms with E-state index in [1.54, 1.807) is 36.4 Å². The molecule has 0 spiro atoms. The van der Waals surface area contributed by atoms with Crippen LogP contribution in [0.2, 0.25) is 0 Å². The zero-order chi connectivity index (χ0) is 17.5. The van der Waals surface area contributed by atoms with Crippen LogP contribution in [0.1, 0.15) is 17.5 Å². The lowest BCUT2D eigenvalue weighted by Crippen LogP contribution is -2.21. The Morgan fingerprint density at radius 2 is 1.88 bits per heavy atom. The van der Waals surface area contributed by atoms with Crippen LogP contribution in [0.5, 0.6) is 5.75 Å². The van der Waals surface area contributed by atoms with Crippen molar-refractivity contribution in [3.05, 3.63) is 53.6 Å². The van der Waals surface area contributed by atoms with Crippen LogP contribution in [0, 0.1) is 18.3 Å². The van der Waals surface area contributed by atoms with Gasteiger partial charge in [-0.25, -0.2) is 0 Å². The average Bonchev–Trinajstić information content (AvgIpc) is 2.55. The molecule has 0 aliphatic heterocycles. The van der Waals surface area contributed by atoms with Gasteiger partial charge in [0.05, 0.1) is 24.4 Å². The Morgan fingerprint density at radius 1 is 1.12 bits per heavy atom. The average molecular weight is 323 g/mol. The molecule has 2 aromatic rings. The van der Waals surface area contributed by atoms with Crippen LogP contribution in [0.25, 0.3) is 0 Å². The molecule has 2 N–H and O–H groups in total. The van der Waals surface area contributed by atoms with Gasteiger partial charge in [0.25, 0.3) is 0 Å². The highest BCUT2D eigenvalue weighted by atomic mass is 16.5. The van der Waals surface area contributed by atoms with E-state index in [4.69, 9.17) is 10.00 Å². The Balaban J connectivity index is 1.98. The molecule has 2 rings (SSSR count). The minimum absolute atomic E-state index is 0.339. The smallest absolute Gasteiger partial charge is 0.233 e. The predicted molar refractivity (Wildman–Crippen MR) is 90.8 cm³/mol. The molecule has 0 radical (unpaired) electrons. The highest BCUT2D eigenvalue weighted by molar-refractivity contribution is 6.08. The third-order valence-electron chi connectivity index (χ3n) is 3.23. The van der Waals surface area contributed by atoms with E-state index in [0.29, 0.717) is 22.7 Å². The van der Waals surface area contributed by atoms with E-state index < -0.39 is 11.8 Å². The summed E-state index contributed by atoms with van der Waals surface area (Å²) in [6, 6.07) is 13.9. The number of nitrogens with zero attached hydrogens (tertiary/aromatic N) is 1. The quantitative estimate of drug-likeness (QED) is 0.828. The minimum Gasteiger partial charge on any atom is -0.495 e. The number of aryl methyl sites for hydroxylation is 1. The Labute approximate surface area is 140 Å². The molecule has 122 valence electrons. The second-order valence-corrected chi connectivity index (χ2v) is 5.17. The number of ether oxygens (including phenoxy) is 1. The van der Waals surface area contributed by atoms with Gasteiger partial charge in [-0.15, -0.1) is 0 Å².